The number of para-hydroxylation sites is 1. The third-order valence-corrected chi connectivity index (χ3v) is 8.15. The Morgan fingerprint density at radius 1 is 1.20 bits per heavy atom. The van der Waals surface area contributed by atoms with Crippen LogP contribution in [0.25, 0.3) is 0 Å². The monoisotopic (exact) mass is 379 g/mol. The molecule has 1 fully saturated rings. The van der Waals surface area contributed by atoms with Crippen molar-refractivity contribution in [3.63, 3.8) is 0 Å². The number of rotatable bonds is 2. The zero-order chi connectivity index (χ0) is 17.8. The normalized spacial score (nSPS) is 18.7. The van der Waals surface area contributed by atoms with Gasteiger partial charge in [-0.25, -0.2) is 12.8 Å². The molecule has 2 heterocycles. The highest BCUT2D eigenvalue weighted by Crippen LogP contribution is 2.51. The Morgan fingerprint density at radius 2 is 1.92 bits per heavy atom. The van der Waals surface area contributed by atoms with E-state index in [1.807, 2.05) is 6.07 Å². The van der Waals surface area contributed by atoms with E-state index in [2.05, 4.69) is 0 Å². The van der Waals surface area contributed by atoms with Crippen LogP contribution in [0.15, 0.2) is 34.5 Å². The first kappa shape index (κ1) is 16.7. The van der Waals surface area contributed by atoms with E-state index in [0.29, 0.717) is 17.1 Å². The van der Waals surface area contributed by atoms with Crippen LogP contribution in [0.1, 0.15) is 40.9 Å². The standard InChI is InChI=1S/C18H18FNO3S2/c1-25(22,23)15-8-7-14(24-15)17(21)20-11-18(9-2-3-10-18)12-5-4-6-13(19)16(12)20/h4-8H,2-3,9-11H2,1H3. The van der Waals surface area contributed by atoms with Crippen LogP contribution in [0.5, 0.6) is 0 Å². The summed E-state index contributed by atoms with van der Waals surface area (Å²) in [7, 11) is -3.36. The van der Waals surface area contributed by atoms with Gasteiger partial charge in [0.25, 0.3) is 5.91 Å². The van der Waals surface area contributed by atoms with E-state index in [4.69, 9.17) is 0 Å². The van der Waals surface area contributed by atoms with Crippen molar-refractivity contribution in [3.8, 4) is 0 Å². The number of benzene rings is 1. The van der Waals surface area contributed by atoms with Gasteiger partial charge < -0.3 is 4.90 Å². The molecule has 1 aromatic carbocycles. The molecule has 4 rings (SSSR count). The second-order valence-electron chi connectivity index (χ2n) is 6.91. The van der Waals surface area contributed by atoms with Crippen LogP contribution in [0.2, 0.25) is 0 Å². The number of halogens is 1. The van der Waals surface area contributed by atoms with E-state index >= 15 is 0 Å². The van der Waals surface area contributed by atoms with Gasteiger partial charge in [0, 0.05) is 18.2 Å². The summed E-state index contributed by atoms with van der Waals surface area (Å²) >= 11 is 0.945. The molecule has 7 heteroatoms. The zero-order valence-electron chi connectivity index (χ0n) is 13.8. The van der Waals surface area contributed by atoms with Crippen LogP contribution in [0.4, 0.5) is 10.1 Å². The van der Waals surface area contributed by atoms with Crippen molar-refractivity contribution < 1.29 is 17.6 Å². The first-order valence-corrected chi connectivity index (χ1v) is 10.9. The molecule has 1 amide bonds. The number of carbonyl (C=O) groups excluding carboxylic acids is 1. The van der Waals surface area contributed by atoms with Gasteiger partial charge in [0.15, 0.2) is 9.84 Å². The van der Waals surface area contributed by atoms with Crippen molar-refractivity contribution in [2.24, 2.45) is 0 Å². The number of fused-ring (bicyclic) bond motifs is 2. The molecule has 2 aromatic rings. The molecule has 2 aliphatic rings. The molecule has 0 radical (unpaired) electrons. The maximum atomic E-state index is 14.6. The number of amides is 1. The van der Waals surface area contributed by atoms with E-state index in [-0.39, 0.29) is 15.5 Å². The van der Waals surface area contributed by atoms with Crippen LogP contribution in [-0.2, 0) is 15.3 Å². The Balaban J connectivity index is 1.77. The molecular formula is C18H18FNO3S2. The molecule has 1 spiro atoms. The van der Waals surface area contributed by atoms with Crippen molar-refractivity contribution in [1.29, 1.82) is 0 Å². The summed E-state index contributed by atoms with van der Waals surface area (Å²) < 4.78 is 38.1. The molecule has 1 saturated carbocycles. The molecular weight excluding hydrogens is 361 g/mol. The number of hydrogen-bond acceptors (Lipinski definition) is 4. The van der Waals surface area contributed by atoms with Gasteiger partial charge in [0.1, 0.15) is 10.0 Å². The van der Waals surface area contributed by atoms with Crippen LogP contribution < -0.4 is 4.90 Å². The predicted molar refractivity (Wildman–Crippen MR) is 95.7 cm³/mol. The quantitative estimate of drug-likeness (QED) is 0.798. The lowest BCUT2D eigenvalue weighted by atomic mass is 9.81. The van der Waals surface area contributed by atoms with Crippen molar-refractivity contribution in [1.82, 2.24) is 0 Å². The van der Waals surface area contributed by atoms with E-state index in [1.54, 1.807) is 6.07 Å². The first-order valence-electron chi connectivity index (χ1n) is 8.23. The Morgan fingerprint density at radius 3 is 2.56 bits per heavy atom. The van der Waals surface area contributed by atoms with Gasteiger partial charge in [0.2, 0.25) is 0 Å². The van der Waals surface area contributed by atoms with Crippen LogP contribution in [0, 0.1) is 5.82 Å². The summed E-state index contributed by atoms with van der Waals surface area (Å²) in [5.74, 6) is -0.718. The fourth-order valence-corrected chi connectivity index (χ4v) is 5.98. The fraction of sp³-hybridized carbons (Fsp3) is 0.389. The molecule has 0 unspecified atom stereocenters. The minimum absolute atomic E-state index is 0.152. The Bertz CT molecular complexity index is 958. The van der Waals surface area contributed by atoms with Crippen molar-refractivity contribution in [2.45, 2.75) is 35.3 Å². The van der Waals surface area contributed by atoms with E-state index < -0.39 is 15.7 Å². The highest BCUT2D eigenvalue weighted by Gasteiger charge is 2.47. The maximum Gasteiger partial charge on any atom is 0.268 e. The highest BCUT2D eigenvalue weighted by atomic mass is 32.2. The van der Waals surface area contributed by atoms with Gasteiger partial charge in [-0.05, 0) is 36.6 Å². The number of nitrogens with zero attached hydrogens (tertiary/aromatic N) is 1. The van der Waals surface area contributed by atoms with Gasteiger partial charge >= 0.3 is 0 Å². The summed E-state index contributed by atoms with van der Waals surface area (Å²) in [6, 6.07) is 7.96. The number of thiophene rings is 1. The fourth-order valence-electron chi connectivity index (χ4n) is 4.10. The third-order valence-electron chi connectivity index (χ3n) is 5.25. The summed E-state index contributed by atoms with van der Waals surface area (Å²) in [6.45, 7) is 0.466. The molecule has 4 nitrogen and oxygen atoms in total. The molecule has 0 saturated heterocycles. The number of hydrogen-bond donors (Lipinski definition) is 0. The predicted octanol–water partition coefficient (Wildman–Crippen LogP) is 3.76. The van der Waals surface area contributed by atoms with Gasteiger partial charge in [0.05, 0.1) is 10.6 Å². The van der Waals surface area contributed by atoms with Gasteiger partial charge in [-0.3, -0.25) is 4.79 Å². The average molecular weight is 379 g/mol. The Hall–Kier alpha value is -1.73. The smallest absolute Gasteiger partial charge is 0.268 e. The van der Waals surface area contributed by atoms with Gasteiger partial charge in [-0.2, -0.15) is 0 Å². The molecule has 25 heavy (non-hydrogen) atoms. The van der Waals surface area contributed by atoms with Crippen LogP contribution in [0.3, 0.4) is 0 Å². The average Bonchev–Trinajstić information content (AvgIpc) is 3.27. The second kappa shape index (κ2) is 5.64. The second-order valence-corrected chi connectivity index (χ2v) is 10.2. The maximum absolute atomic E-state index is 14.6. The summed E-state index contributed by atoms with van der Waals surface area (Å²) in [4.78, 5) is 14.8. The lowest BCUT2D eigenvalue weighted by Crippen LogP contribution is -2.35. The molecule has 1 aromatic heterocycles. The van der Waals surface area contributed by atoms with E-state index in [1.165, 1.54) is 23.1 Å². The highest BCUT2D eigenvalue weighted by molar-refractivity contribution is 7.92. The van der Waals surface area contributed by atoms with Gasteiger partial charge in [-0.15, -0.1) is 11.3 Å². The summed E-state index contributed by atoms with van der Waals surface area (Å²) in [5.41, 5.74) is 1.12. The number of sulfone groups is 1. The molecule has 0 atom stereocenters. The minimum atomic E-state index is -3.36. The topological polar surface area (TPSA) is 54.5 Å². The molecule has 0 bridgehead atoms. The molecule has 1 aliphatic carbocycles. The minimum Gasteiger partial charge on any atom is -0.304 e. The first-order chi connectivity index (χ1) is 11.8. The van der Waals surface area contributed by atoms with Crippen LogP contribution >= 0.6 is 11.3 Å². The Kier molecular flexibility index (Phi) is 3.77. The van der Waals surface area contributed by atoms with E-state index in [0.717, 1.165) is 48.8 Å². The van der Waals surface area contributed by atoms with Crippen molar-refractivity contribution in [2.75, 3.05) is 17.7 Å². The zero-order valence-corrected chi connectivity index (χ0v) is 15.4. The summed E-state index contributed by atoms with van der Waals surface area (Å²) in [6.07, 6.45) is 5.17. The molecule has 132 valence electrons. The lowest BCUT2D eigenvalue weighted by molar-refractivity contribution is 0.0988. The van der Waals surface area contributed by atoms with Crippen molar-refractivity contribution >= 4 is 32.8 Å². The molecule has 1 aliphatic heterocycles. The number of carbonyl (C=O) groups is 1. The van der Waals surface area contributed by atoms with Gasteiger partial charge in [-0.1, -0.05) is 25.0 Å². The largest absolute Gasteiger partial charge is 0.304 e. The van der Waals surface area contributed by atoms with Crippen LogP contribution in [-0.4, -0.2) is 27.1 Å². The SMILES string of the molecule is CS(=O)(=O)c1ccc(C(=O)N2CC3(CCCC3)c3cccc(F)c32)s1. The van der Waals surface area contributed by atoms with E-state index in [9.17, 15) is 17.6 Å². The number of anilines is 1. The molecule has 0 N–H and O–H groups in total. The Labute approximate surface area is 150 Å². The van der Waals surface area contributed by atoms with Crippen molar-refractivity contribution in [3.05, 3.63) is 46.6 Å². The third kappa shape index (κ3) is 2.60. The lowest BCUT2D eigenvalue weighted by Gasteiger charge is -2.24. The summed E-state index contributed by atoms with van der Waals surface area (Å²) in [5, 5.41) is 0.